The van der Waals surface area contributed by atoms with Gasteiger partial charge < -0.3 is 14.7 Å². The molecule has 0 radical (unpaired) electrons. The molecule has 14 heavy (non-hydrogen) atoms. The summed E-state index contributed by atoms with van der Waals surface area (Å²) in [6.07, 6.45) is 0.608. The molecule has 1 amide bonds. The van der Waals surface area contributed by atoms with E-state index in [1.807, 2.05) is 40.1 Å². The largest absolute Gasteiger partial charge is 0.344 e. The first-order valence-corrected chi connectivity index (χ1v) is 4.97. The van der Waals surface area contributed by atoms with E-state index in [9.17, 15) is 4.79 Å². The first kappa shape index (κ1) is 13.4. The van der Waals surface area contributed by atoms with Gasteiger partial charge in [-0.1, -0.05) is 0 Å². The maximum Gasteiger partial charge on any atom is 0.223 e. The van der Waals surface area contributed by atoms with Gasteiger partial charge >= 0.3 is 0 Å². The molecule has 0 aliphatic heterocycles. The zero-order valence-corrected chi connectivity index (χ0v) is 10.1. The Bertz CT molecular complexity index is 169. The van der Waals surface area contributed by atoms with Crippen molar-refractivity contribution in [3.05, 3.63) is 0 Å². The first-order valence-electron chi connectivity index (χ1n) is 4.97. The van der Waals surface area contributed by atoms with Gasteiger partial charge in [0.2, 0.25) is 5.91 Å². The Kier molecular flexibility index (Phi) is 6.49. The number of nitrogens with zero attached hydrogens (tertiary/aromatic N) is 3. The Morgan fingerprint density at radius 1 is 0.857 bits per heavy atom. The van der Waals surface area contributed by atoms with E-state index >= 15 is 0 Å². The van der Waals surface area contributed by atoms with Crippen LogP contribution in [0, 0.1) is 0 Å². The van der Waals surface area contributed by atoms with Gasteiger partial charge in [0.15, 0.2) is 0 Å². The Morgan fingerprint density at radius 3 is 1.79 bits per heavy atom. The molecule has 0 aromatic rings. The van der Waals surface area contributed by atoms with Crippen LogP contribution in [0.5, 0.6) is 0 Å². The third-order valence-electron chi connectivity index (χ3n) is 2.08. The maximum absolute atomic E-state index is 11.5. The fourth-order valence-corrected chi connectivity index (χ4v) is 0.985. The van der Waals surface area contributed by atoms with Gasteiger partial charge in [-0.25, -0.2) is 0 Å². The highest BCUT2D eigenvalue weighted by atomic mass is 16.2. The molecule has 0 bridgehead atoms. The van der Waals surface area contributed by atoms with Crippen molar-refractivity contribution in [2.45, 2.75) is 6.42 Å². The van der Waals surface area contributed by atoms with Gasteiger partial charge in [-0.3, -0.25) is 4.79 Å². The van der Waals surface area contributed by atoms with Gasteiger partial charge in [0.05, 0.1) is 0 Å². The summed E-state index contributed by atoms with van der Waals surface area (Å²) in [5.74, 6) is 0.223. The molecule has 0 aromatic carbocycles. The van der Waals surface area contributed by atoms with Gasteiger partial charge in [0.1, 0.15) is 0 Å². The Balaban J connectivity index is 3.65. The van der Waals surface area contributed by atoms with Crippen LogP contribution in [-0.4, -0.2) is 75.5 Å². The van der Waals surface area contributed by atoms with E-state index in [-0.39, 0.29) is 5.91 Å². The summed E-state index contributed by atoms with van der Waals surface area (Å²) in [6, 6.07) is 0. The van der Waals surface area contributed by atoms with Gasteiger partial charge in [-0.15, -0.1) is 0 Å². The Hall–Kier alpha value is -0.610. The number of carbonyl (C=O) groups excluding carboxylic acids is 1. The molecule has 0 rings (SSSR count). The zero-order chi connectivity index (χ0) is 11.1. The summed E-state index contributed by atoms with van der Waals surface area (Å²) in [4.78, 5) is 17.4. The van der Waals surface area contributed by atoms with Crippen molar-refractivity contribution >= 4 is 5.91 Å². The molecule has 0 aliphatic rings. The molecule has 4 heteroatoms. The highest BCUT2D eigenvalue weighted by Gasteiger charge is 2.08. The predicted molar refractivity (Wildman–Crippen MR) is 59.4 cm³/mol. The highest BCUT2D eigenvalue weighted by molar-refractivity contribution is 5.76. The summed E-state index contributed by atoms with van der Waals surface area (Å²) in [7, 11) is 9.85. The minimum absolute atomic E-state index is 0.223. The van der Waals surface area contributed by atoms with Crippen LogP contribution in [0.3, 0.4) is 0 Å². The lowest BCUT2D eigenvalue weighted by Gasteiger charge is -2.20. The molecule has 84 valence electrons. The fraction of sp³-hybridized carbons (Fsp3) is 0.900. The third kappa shape index (κ3) is 6.86. The second-order valence-electron chi connectivity index (χ2n) is 4.17. The molecule has 0 N–H and O–H groups in total. The van der Waals surface area contributed by atoms with Crippen molar-refractivity contribution in [1.29, 1.82) is 0 Å². The van der Waals surface area contributed by atoms with Crippen LogP contribution < -0.4 is 0 Å². The minimum Gasteiger partial charge on any atom is -0.344 e. The van der Waals surface area contributed by atoms with Crippen molar-refractivity contribution in [3.63, 3.8) is 0 Å². The van der Waals surface area contributed by atoms with Crippen molar-refractivity contribution in [1.82, 2.24) is 14.7 Å². The molecule has 0 unspecified atom stereocenters. The number of carbonyl (C=O) groups is 1. The monoisotopic (exact) mass is 201 g/mol. The van der Waals surface area contributed by atoms with E-state index in [1.54, 1.807) is 4.90 Å². The fourth-order valence-electron chi connectivity index (χ4n) is 0.985. The molecule has 0 spiro atoms. The van der Waals surface area contributed by atoms with E-state index < -0.39 is 0 Å². The number of hydrogen-bond acceptors (Lipinski definition) is 3. The number of rotatable bonds is 6. The summed E-state index contributed by atoms with van der Waals surface area (Å²) in [6.45, 7) is 2.55. The second-order valence-corrected chi connectivity index (χ2v) is 4.17. The molecule has 0 saturated heterocycles. The average molecular weight is 201 g/mol. The van der Waals surface area contributed by atoms with Gasteiger partial charge in [0, 0.05) is 33.1 Å². The van der Waals surface area contributed by atoms with Crippen LogP contribution in [0.2, 0.25) is 0 Å². The van der Waals surface area contributed by atoms with Crippen LogP contribution in [0.4, 0.5) is 0 Å². The SMILES string of the molecule is CN(C)CCC(=O)N(C)CCN(C)C. The van der Waals surface area contributed by atoms with E-state index in [0.717, 1.165) is 19.6 Å². The minimum atomic E-state index is 0.223. The highest BCUT2D eigenvalue weighted by Crippen LogP contribution is 1.92. The van der Waals surface area contributed by atoms with Crippen molar-refractivity contribution < 1.29 is 4.79 Å². The zero-order valence-electron chi connectivity index (χ0n) is 10.1. The lowest BCUT2D eigenvalue weighted by molar-refractivity contribution is -0.130. The standard InChI is InChI=1S/C10H23N3O/c1-11(2)7-6-10(14)13(5)9-8-12(3)4/h6-9H2,1-5H3. The lowest BCUT2D eigenvalue weighted by Crippen LogP contribution is -2.34. The molecule has 0 aliphatic carbocycles. The van der Waals surface area contributed by atoms with Gasteiger partial charge in [-0.2, -0.15) is 0 Å². The van der Waals surface area contributed by atoms with Gasteiger partial charge in [-0.05, 0) is 28.2 Å². The molecule has 0 aromatic heterocycles. The van der Waals surface area contributed by atoms with Crippen LogP contribution in [-0.2, 0) is 4.79 Å². The molecule has 0 heterocycles. The molecule has 0 fully saturated rings. The number of amides is 1. The molecular formula is C10H23N3O. The van der Waals surface area contributed by atoms with E-state index in [2.05, 4.69) is 4.90 Å². The lowest BCUT2D eigenvalue weighted by atomic mass is 10.3. The van der Waals surface area contributed by atoms with Crippen LogP contribution in [0.15, 0.2) is 0 Å². The van der Waals surface area contributed by atoms with E-state index in [4.69, 9.17) is 0 Å². The van der Waals surface area contributed by atoms with E-state index in [0.29, 0.717) is 6.42 Å². The van der Waals surface area contributed by atoms with Crippen LogP contribution in [0.25, 0.3) is 0 Å². The van der Waals surface area contributed by atoms with Crippen molar-refractivity contribution in [2.24, 2.45) is 0 Å². The van der Waals surface area contributed by atoms with Crippen LogP contribution in [0.1, 0.15) is 6.42 Å². The summed E-state index contributed by atoms with van der Waals surface area (Å²) in [5.41, 5.74) is 0. The predicted octanol–water partition coefficient (Wildman–Crippen LogP) is -0.0419. The summed E-state index contributed by atoms with van der Waals surface area (Å²) in [5, 5.41) is 0. The normalized spacial score (nSPS) is 11.1. The molecule has 4 nitrogen and oxygen atoms in total. The summed E-state index contributed by atoms with van der Waals surface area (Å²) < 4.78 is 0. The average Bonchev–Trinajstić information content (AvgIpc) is 2.09. The maximum atomic E-state index is 11.5. The Morgan fingerprint density at radius 2 is 1.36 bits per heavy atom. The number of hydrogen-bond donors (Lipinski definition) is 0. The van der Waals surface area contributed by atoms with Gasteiger partial charge in [0.25, 0.3) is 0 Å². The van der Waals surface area contributed by atoms with E-state index in [1.165, 1.54) is 0 Å². The second kappa shape index (κ2) is 6.79. The van der Waals surface area contributed by atoms with Crippen molar-refractivity contribution in [3.8, 4) is 0 Å². The first-order chi connectivity index (χ1) is 6.43. The smallest absolute Gasteiger partial charge is 0.223 e. The van der Waals surface area contributed by atoms with Crippen molar-refractivity contribution in [2.75, 3.05) is 54.9 Å². The third-order valence-corrected chi connectivity index (χ3v) is 2.08. The quantitative estimate of drug-likeness (QED) is 0.603. The van der Waals surface area contributed by atoms with Crippen LogP contribution >= 0.6 is 0 Å². The number of likely N-dealkylation sites (N-methyl/N-ethyl adjacent to an activating group) is 2. The molecule has 0 saturated carbocycles. The molecular weight excluding hydrogens is 178 g/mol. The molecule has 0 atom stereocenters. The Labute approximate surface area is 87.5 Å². The summed E-state index contributed by atoms with van der Waals surface area (Å²) >= 11 is 0. The topological polar surface area (TPSA) is 26.8 Å².